The van der Waals surface area contributed by atoms with E-state index in [9.17, 15) is 18.0 Å². The summed E-state index contributed by atoms with van der Waals surface area (Å²) in [5.41, 5.74) is 0.555. The van der Waals surface area contributed by atoms with E-state index in [2.05, 4.69) is 10.2 Å². The van der Waals surface area contributed by atoms with Crippen LogP contribution in [0.15, 0.2) is 28.0 Å². The third kappa shape index (κ3) is 4.80. The molecular weight excluding hydrogens is 460 g/mol. The van der Waals surface area contributed by atoms with Gasteiger partial charge in [-0.05, 0) is 43.9 Å². The van der Waals surface area contributed by atoms with Crippen LogP contribution >= 0.6 is 11.8 Å². The zero-order chi connectivity index (χ0) is 23.0. The quantitative estimate of drug-likeness (QED) is 0.693. The van der Waals surface area contributed by atoms with Crippen LogP contribution in [0.3, 0.4) is 0 Å². The summed E-state index contributed by atoms with van der Waals surface area (Å²) >= 11 is 1.41. The van der Waals surface area contributed by atoms with Crippen molar-refractivity contribution in [2.45, 2.75) is 54.4 Å². The molecule has 2 saturated heterocycles. The highest BCUT2D eigenvalue weighted by Crippen LogP contribution is 2.34. The summed E-state index contributed by atoms with van der Waals surface area (Å²) in [4.78, 5) is 30.4. The summed E-state index contributed by atoms with van der Waals surface area (Å²) in [6.07, 6.45) is 6.33. The molecule has 0 bridgehead atoms. The van der Waals surface area contributed by atoms with Crippen molar-refractivity contribution in [3.05, 3.63) is 18.2 Å². The Morgan fingerprint density at radius 2 is 1.67 bits per heavy atom. The summed E-state index contributed by atoms with van der Waals surface area (Å²) in [6, 6.07) is 5.62. The van der Waals surface area contributed by atoms with Crippen molar-refractivity contribution >= 4 is 39.3 Å². The maximum absolute atomic E-state index is 13.2. The lowest BCUT2D eigenvalue weighted by Gasteiger charge is -2.40. The molecule has 0 aromatic heterocycles. The third-order valence-corrected chi connectivity index (χ3v) is 10.5. The summed E-state index contributed by atoms with van der Waals surface area (Å²) in [5.74, 6) is 0.307. The number of anilines is 1. The number of rotatable bonds is 4. The van der Waals surface area contributed by atoms with Crippen molar-refractivity contribution in [1.29, 1.82) is 0 Å². The van der Waals surface area contributed by atoms with Crippen molar-refractivity contribution in [2.24, 2.45) is 5.92 Å². The van der Waals surface area contributed by atoms with Gasteiger partial charge in [0, 0.05) is 56.1 Å². The van der Waals surface area contributed by atoms with Crippen LogP contribution in [0.25, 0.3) is 0 Å². The highest BCUT2D eigenvalue weighted by molar-refractivity contribution is 8.00. The lowest BCUT2D eigenvalue weighted by molar-refractivity contribution is -0.138. The molecule has 180 valence electrons. The zero-order valence-electron chi connectivity index (χ0n) is 18.9. The number of benzene rings is 1. The molecule has 5 rings (SSSR count). The summed E-state index contributed by atoms with van der Waals surface area (Å²) in [6.45, 7) is 4.17. The first-order valence-electron chi connectivity index (χ1n) is 12.0. The van der Waals surface area contributed by atoms with Gasteiger partial charge in [0.15, 0.2) is 0 Å². The molecular formula is C23H32N4O4S2. The molecule has 1 aromatic rings. The lowest BCUT2D eigenvalue weighted by atomic mass is 9.96. The fourth-order valence-corrected chi connectivity index (χ4v) is 7.83. The predicted octanol–water partition coefficient (Wildman–Crippen LogP) is 2.22. The second-order valence-electron chi connectivity index (χ2n) is 9.47. The monoisotopic (exact) mass is 492 g/mol. The Balaban J connectivity index is 1.16. The maximum Gasteiger partial charge on any atom is 0.243 e. The Morgan fingerprint density at radius 3 is 2.36 bits per heavy atom. The molecule has 8 nitrogen and oxygen atoms in total. The van der Waals surface area contributed by atoms with Gasteiger partial charge in [-0.2, -0.15) is 4.31 Å². The van der Waals surface area contributed by atoms with Crippen LogP contribution in [0.1, 0.15) is 38.5 Å². The number of hydrogen-bond donors (Lipinski definition) is 1. The fourth-order valence-electron chi connectivity index (χ4n) is 5.55. The molecule has 0 unspecified atom stereocenters. The average Bonchev–Trinajstić information content (AvgIpc) is 3.38. The number of hydrogen-bond acceptors (Lipinski definition) is 6. The maximum atomic E-state index is 13.2. The van der Waals surface area contributed by atoms with Crippen molar-refractivity contribution in [1.82, 2.24) is 14.1 Å². The zero-order valence-corrected chi connectivity index (χ0v) is 20.5. The van der Waals surface area contributed by atoms with Crippen molar-refractivity contribution in [2.75, 3.05) is 50.3 Å². The molecule has 10 heteroatoms. The molecule has 2 amide bonds. The molecule has 4 aliphatic rings. The minimum atomic E-state index is -3.66. The minimum Gasteiger partial charge on any atom is -0.340 e. The number of nitrogens with one attached hydrogen (secondary N) is 1. The number of thioether (sulfide) groups is 1. The van der Waals surface area contributed by atoms with Crippen molar-refractivity contribution < 1.29 is 18.0 Å². The molecule has 33 heavy (non-hydrogen) atoms. The molecule has 1 aromatic carbocycles. The molecule has 0 atom stereocenters. The van der Waals surface area contributed by atoms with Gasteiger partial charge >= 0.3 is 0 Å². The number of piperazine rings is 1. The van der Waals surface area contributed by atoms with E-state index in [-0.39, 0.29) is 22.6 Å². The van der Waals surface area contributed by atoms with Gasteiger partial charge < -0.3 is 10.2 Å². The summed E-state index contributed by atoms with van der Waals surface area (Å²) in [7, 11) is -3.66. The van der Waals surface area contributed by atoms with Gasteiger partial charge in [0.1, 0.15) is 0 Å². The van der Waals surface area contributed by atoms with Gasteiger partial charge in [0.05, 0.1) is 16.3 Å². The number of carbonyl (C=O) groups excluding carboxylic acids is 2. The van der Waals surface area contributed by atoms with Crippen LogP contribution in [0.5, 0.6) is 0 Å². The first kappa shape index (κ1) is 23.1. The number of amides is 2. The van der Waals surface area contributed by atoms with Crippen LogP contribution in [-0.2, 0) is 19.6 Å². The molecule has 1 aliphatic carbocycles. The lowest BCUT2D eigenvalue weighted by Crippen LogP contribution is -2.53. The van der Waals surface area contributed by atoms with Gasteiger partial charge in [-0.15, -0.1) is 11.8 Å². The van der Waals surface area contributed by atoms with E-state index in [1.165, 1.54) is 41.8 Å². The molecule has 3 aliphatic heterocycles. The molecule has 0 radical (unpaired) electrons. The van der Waals surface area contributed by atoms with E-state index in [1.54, 1.807) is 18.2 Å². The Morgan fingerprint density at radius 1 is 0.970 bits per heavy atom. The highest BCUT2D eigenvalue weighted by atomic mass is 32.2. The van der Waals surface area contributed by atoms with E-state index in [0.717, 1.165) is 31.1 Å². The van der Waals surface area contributed by atoms with E-state index >= 15 is 0 Å². The second kappa shape index (κ2) is 9.56. The standard InChI is InChI=1S/C23H32N4O4S2/c28-22-16-32-21-6-5-19(15-20(21)24-22)33(30,31)27-9-7-17(8-10-27)23(29)26-13-11-25(12-14-26)18-3-1-2-4-18/h5-6,15,17-18H,1-4,7-14,16H2,(H,24,28). The fraction of sp³-hybridized carbons (Fsp3) is 0.652. The SMILES string of the molecule is O=C1CSc2ccc(S(=O)(=O)N3CCC(C(=O)N4CCN(C5CCCC5)CC4)CC3)cc2N1. The molecule has 1 N–H and O–H groups in total. The number of piperidine rings is 1. The van der Waals surface area contributed by atoms with E-state index < -0.39 is 10.0 Å². The van der Waals surface area contributed by atoms with E-state index in [4.69, 9.17) is 0 Å². The topological polar surface area (TPSA) is 90.0 Å². The number of sulfonamides is 1. The van der Waals surface area contributed by atoms with Crippen LogP contribution in [0, 0.1) is 5.92 Å². The highest BCUT2D eigenvalue weighted by Gasteiger charge is 2.36. The smallest absolute Gasteiger partial charge is 0.243 e. The number of carbonyl (C=O) groups is 2. The van der Waals surface area contributed by atoms with Gasteiger partial charge in [0.2, 0.25) is 21.8 Å². The van der Waals surface area contributed by atoms with Crippen LogP contribution in [-0.4, -0.2) is 85.4 Å². The normalized spacial score (nSPS) is 24.0. The van der Waals surface area contributed by atoms with E-state index in [1.807, 2.05) is 4.90 Å². The second-order valence-corrected chi connectivity index (χ2v) is 12.4. The number of fused-ring (bicyclic) bond motifs is 1. The van der Waals surface area contributed by atoms with Crippen LogP contribution in [0.2, 0.25) is 0 Å². The van der Waals surface area contributed by atoms with E-state index in [0.29, 0.717) is 43.4 Å². The first-order valence-corrected chi connectivity index (χ1v) is 14.4. The summed E-state index contributed by atoms with van der Waals surface area (Å²) < 4.78 is 27.9. The van der Waals surface area contributed by atoms with Crippen molar-refractivity contribution in [3.8, 4) is 0 Å². The first-order chi connectivity index (χ1) is 15.9. The Labute approximate surface area is 200 Å². The van der Waals surface area contributed by atoms with Crippen molar-refractivity contribution in [3.63, 3.8) is 0 Å². The van der Waals surface area contributed by atoms with Gasteiger partial charge in [-0.25, -0.2) is 8.42 Å². The third-order valence-electron chi connectivity index (χ3n) is 7.49. The Hall–Kier alpha value is -1.62. The molecule has 3 fully saturated rings. The molecule has 1 saturated carbocycles. The summed E-state index contributed by atoms with van der Waals surface area (Å²) in [5, 5.41) is 2.76. The van der Waals surface area contributed by atoms with Gasteiger partial charge in [-0.3, -0.25) is 14.5 Å². The Kier molecular flexibility index (Phi) is 6.70. The Bertz CT molecular complexity index is 1010. The predicted molar refractivity (Wildman–Crippen MR) is 128 cm³/mol. The van der Waals surface area contributed by atoms with Crippen LogP contribution in [0.4, 0.5) is 5.69 Å². The van der Waals surface area contributed by atoms with Crippen LogP contribution < -0.4 is 5.32 Å². The molecule has 0 spiro atoms. The molecule has 3 heterocycles. The van der Waals surface area contributed by atoms with Gasteiger partial charge in [0.25, 0.3) is 0 Å². The number of nitrogens with zero attached hydrogens (tertiary/aromatic N) is 3. The largest absolute Gasteiger partial charge is 0.340 e. The average molecular weight is 493 g/mol. The minimum absolute atomic E-state index is 0.103. The van der Waals surface area contributed by atoms with Gasteiger partial charge in [-0.1, -0.05) is 12.8 Å².